The molecule has 0 radical (unpaired) electrons. The van der Waals surface area contributed by atoms with Crippen molar-refractivity contribution in [3.63, 3.8) is 0 Å². The van der Waals surface area contributed by atoms with E-state index in [0.29, 0.717) is 49.0 Å². The van der Waals surface area contributed by atoms with Crippen molar-refractivity contribution in [2.75, 3.05) is 19.6 Å². The van der Waals surface area contributed by atoms with Gasteiger partial charge < -0.3 is 15.5 Å². The third-order valence-electron chi connectivity index (χ3n) is 12.5. The van der Waals surface area contributed by atoms with E-state index in [9.17, 15) is 0 Å². The standard InChI is InChI=1S/C51H67N3O2S/c1-6-11-14-18-37(10-5)34-53-48(43-29-28-42(33-43)40-24-20-39(21-25-40)19-15-32-52)46-47(51(53)56)49(54(50(46)55)35-36(9-4)16-12-7-2)45-31-30-44(57-45)41-26-22-38(23-27-41)17-13-8-3/h20-31,36-37H,6-19,32-35,52H2,1-5H3. The first-order chi connectivity index (χ1) is 27.8. The summed E-state index contributed by atoms with van der Waals surface area (Å²) in [5, 5.41) is 0. The molecule has 0 bridgehead atoms. The number of carbonyl (C=O) groups is 2. The monoisotopic (exact) mass is 785 g/mol. The van der Waals surface area contributed by atoms with Gasteiger partial charge in [0, 0.05) is 24.4 Å². The van der Waals surface area contributed by atoms with Crippen molar-refractivity contribution in [2.24, 2.45) is 17.6 Å². The summed E-state index contributed by atoms with van der Waals surface area (Å²) in [6, 6.07) is 22.2. The highest BCUT2D eigenvalue weighted by atomic mass is 32.1. The SMILES string of the molecule is CCCCCC(CC)CN1C(=O)C2=C(c3ccc(-c4ccc(CCCC)cc4)s3)N(CC(CC)CCCC)C(=O)C2=C1C1=CC=C(c2ccc(CCCN)cc2)C1. The Kier molecular flexibility index (Phi) is 15.4. The van der Waals surface area contributed by atoms with E-state index in [1.807, 2.05) is 9.80 Å². The molecule has 57 heavy (non-hydrogen) atoms. The number of hydrogen-bond donors (Lipinski definition) is 1. The van der Waals surface area contributed by atoms with Crippen molar-refractivity contribution in [1.82, 2.24) is 9.80 Å². The number of nitrogens with zero attached hydrogens (tertiary/aromatic N) is 2. The second-order valence-corrected chi connectivity index (χ2v) is 17.7. The first-order valence-electron chi connectivity index (χ1n) is 22.4. The Labute approximate surface area is 347 Å². The molecule has 6 heteroatoms. The van der Waals surface area contributed by atoms with Gasteiger partial charge in [-0.3, -0.25) is 9.59 Å². The molecule has 2 aliphatic heterocycles. The third kappa shape index (κ3) is 9.83. The van der Waals surface area contributed by atoms with E-state index in [-0.39, 0.29) is 11.8 Å². The maximum absolute atomic E-state index is 15.2. The number of thiophene rings is 1. The minimum absolute atomic E-state index is 0.00441. The fourth-order valence-corrected chi connectivity index (χ4v) is 9.86. The highest BCUT2D eigenvalue weighted by Gasteiger charge is 2.50. The van der Waals surface area contributed by atoms with Crippen molar-refractivity contribution in [3.05, 3.63) is 117 Å². The molecule has 0 saturated heterocycles. The summed E-state index contributed by atoms with van der Waals surface area (Å²) < 4.78 is 0. The molecule has 5 nitrogen and oxygen atoms in total. The highest BCUT2D eigenvalue weighted by molar-refractivity contribution is 7.16. The van der Waals surface area contributed by atoms with Gasteiger partial charge in [-0.05, 0) is 102 Å². The van der Waals surface area contributed by atoms with Crippen LogP contribution in [-0.2, 0) is 22.4 Å². The maximum atomic E-state index is 15.2. The van der Waals surface area contributed by atoms with Gasteiger partial charge in [-0.15, -0.1) is 11.3 Å². The second kappa shape index (κ2) is 20.6. The Morgan fingerprint density at radius 1 is 0.579 bits per heavy atom. The number of allylic oxidation sites excluding steroid dienone is 4. The van der Waals surface area contributed by atoms with Crippen LogP contribution >= 0.6 is 11.3 Å². The number of amides is 2. The molecule has 0 fully saturated rings. The predicted molar refractivity (Wildman–Crippen MR) is 241 cm³/mol. The molecule has 3 aliphatic rings. The molecule has 2 unspecified atom stereocenters. The highest BCUT2D eigenvalue weighted by Crippen LogP contribution is 2.50. The first kappa shape index (κ1) is 42.6. The van der Waals surface area contributed by atoms with Gasteiger partial charge in [0.1, 0.15) is 0 Å². The van der Waals surface area contributed by atoms with Crippen LogP contribution in [0.3, 0.4) is 0 Å². The Bertz CT molecular complexity index is 1960. The van der Waals surface area contributed by atoms with Gasteiger partial charge in [0.2, 0.25) is 0 Å². The topological polar surface area (TPSA) is 66.6 Å². The molecule has 3 aromatic rings. The lowest BCUT2D eigenvalue weighted by Gasteiger charge is -2.29. The lowest BCUT2D eigenvalue weighted by Crippen LogP contribution is -2.35. The number of hydrogen-bond acceptors (Lipinski definition) is 4. The number of nitrogens with two attached hydrogens (primary N) is 1. The molecule has 0 spiro atoms. The lowest BCUT2D eigenvalue weighted by molar-refractivity contribution is -0.124. The second-order valence-electron chi connectivity index (χ2n) is 16.6. The fourth-order valence-electron chi connectivity index (χ4n) is 8.79. The van der Waals surface area contributed by atoms with Crippen molar-refractivity contribution in [1.29, 1.82) is 0 Å². The van der Waals surface area contributed by atoms with E-state index >= 15 is 9.59 Å². The molecule has 6 rings (SSSR count). The Balaban J connectivity index is 1.42. The van der Waals surface area contributed by atoms with Gasteiger partial charge in [-0.2, -0.15) is 0 Å². The van der Waals surface area contributed by atoms with Gasteiger partial charge in [0.25, 0.3) is 11.8 Å². The predicted octanol–water partition coefficient (Wildman–Crippen LogP) is 12.5. The van der Waals surface area contributed by atoms with E-state index in [2.05, 4.69) is 107 Å². The third-order valence-corrected chi connectivity index (χ3v) is 13.6. The van der Waals surface area contributed by atoms with Gasteiger partial charge in [0.15, 0.2) is 0 Å². The molecule has 2 aromatic carbocycles. The minimum atomic E-state index is -0.00587. The van der Waals surface area contributed by atoms with Crippen molar-refractivity contribution in [2.45, 2.75) is 131 Å². The zero-order valence-corrected chi connectivity index (χ0v) is 36.3. The molecule has 2 N–H and O–H groups in total. The van der Waals surface area contributed by atoms with Crippen LogP contribution < -0.4 is 5.73 Å². The van der Waals surface area contributed by atoms with Gasteiger partial charge in [-0.1, -0.05) is 147 Å². The smallest absolute Gasteiger partial charge is 0.261 e. The largest absolute Gasteiger partial charge is 0.330 e. The number of benzene rings is 2. The number of unbranched alkanes of at least 4 members (excludes halogenated alkanes) is 4. The van der Waals surface area contributed by atoms with Gasteiger partial charge in [-0.25, -0.2) is 0 Å². The molecule has 1 aliphatic carbocycles. The molecule has 2 amide bonds. The van der Waals surface area contributed by atoms with E-state index < -0.39 is 0 Å². The summed E-state index contributed by atoms with van der Waals surface area (Å²) in [6.07, 6.45) is 20.5. The van der Waals surface area contributed by atoms with E-state index in [0.717, 1.165) is 90.9 Å². The van der Waals surface area contributed by atoms with Crippen molar-refractivity contribution in [3.8, 4) is 10.4 Å². The first-order valence-corrected chi connectivity index (χ1v) is 23.2. The van der Waals surface area contributed by atoms with Crippen LogP contribution in [0.25, 0.3) is 21.7 Å². The van der Waals surface area contributed by atoms with E-state index in [1.54, 1.807) is 11.3 Å². The summed E-state index contributed by atoms with van der Waals surface area (Å²) in [6.45, 7) is 13.2. The molecule has 1 aromatic heterocycles. The molecular weight excluding hydrogens is 719 g/mol. The normalized spacial score (nSPS) is 16.6. The van der Waals surface area contributed by atoms with Gasteiger partial charge >= 0.3 is 0 Å². The van der Waals surface area contributed by atoms with Crippen molar-refractivity contribution < 1.29 is 9.59 Å². The average molecular weight is 786 g/mol. The quantitative estimate of drug-likeness (QED) is 0.0974. The summed E-state index contributed by atoms with van der Waals surface area (Å²) in [7, 11) is 0. The van der Waals surface area contributed by atoms with Crippen LogP contribution in [0.5, 0.6) is 0 Å². The molecule has 3 heterocycles. The summed E-state index contributed by atoms with van der Waals surface area (Å²) in [5.41, 5.74) is 16.0. The Hall–Kier alpha value is -4.00. The molecular formula is C51H67N3O2S. The fraction of sp³-hybridized carbons (Fsp3) is 0.490. The Morgan fingerprint density at radius 3 is 1.70 bits per heavy atom. The number of fused-ring (bicyclic) bond motifs is 1. The van der Waals surface area contributed by atoms with Gasteiger partial charge in [0.05, 0.1) is 27.4 Å². The minimum Gasteiger partial charge on any atom is -0.330 e. The van der Waals surface area contributed by atoms with Crippen LogP contribution in [0.15, 0.2) is 95.2 Å². The molecule has 0 saturated carbocycles. The number of aryl methyl sites for hydroxylation is 2. The summed E-state index contributed by atoms with van der Waals surface area (Å²) in [4.78, 5) is 36.6. The van der Waals surface area contributed by atoms with E-state index in [4.69, 9.17) is 5.73 Å². The zero-order valence-electron chi connectivity index (χ0n) is 35.5. The van der Waals surface area contributed by atoms with E-state index in [1.165, 1.54) is 53.5 Å². The van der Waals surface area contributed by atoms with Crippen LogP contribution in [0.4, 0.5) is 0 Å². The Morgan fingerprint density at radius 2 is 1.11 bits per heavy atom. The van der Waals surface area contributed by atoms with Crippen molar-refractivity contribution >= 4 is 34.4 Å². The summed E-state index contributed by atoms with van der Waals surface area (Å²) in [5.74, 6) is 0.722. The van der Waals surface area contributed by atoms with Crippen LogP contribution in [-0.4, -0.2) is 41.2 Å². The van der Waals surface area contributed by atoms with Crippen LogP contribution in [0.2, 0.25) is 0 Å². The molecule has 304 valence electrons. The lowest BCUT2D eigenvalue weighted by atomic mass is 9.96. The molecule has 2 atom stereocenters. The number of carbonyl (C=O) groups excluding carboxylic acids is 2. The number of rotatable bonds is 23. The van der Waals surface area contributed by atoms with Crippen LogP contribution in [0.1, 0.15) is 140 Å². The average Bonchev–Trinajstić information content (AvgIpc) is 4.03. The zero-order chi connectivity index (χ0) is 40.3. The summed E-state index contributed by atoms with van der Waals surface area (Å²) >= 11 is 1.71. The van der Waals surface area contributed by atoms with Crippen LogP contribution in [0, 0.1) is 11.8 Å². The maximum Gasteiger partial charge on any atom is 0.261 e.